The fraction of sp³-hybridized carbons (Fsp3) is 0.381. The van der Waals surface area contributed by atoms with Gasteiger partial charge in [-0.3, -0.25) is 0 Å². The average Bonchev–Trinajstić information content (AvgIpc) is 3.13. The Bertz CT molecular complexity index is 1050. The number of fused-ring (bicyclic) bond motifs is 1. The topological polar surface area (TPSA) is 93.1 Å². The molecule has 0 radical (unpaired) electrons. The van der Waals surface area contributed by atoms with Crippen LogP contribution in [-0.2, 0) is 18.2 Å². The van der Waals surface area contributed by atoms with Gasteiger partial charge in [0.2, 0.25) is 5.89 Å². The zero-order valence-corrected chi connectivity index (χ0v) is 16.7. The molecule has 0 aliphatic carbocycles. The van der Waals surface area contributed by atoms with E-state index < -0.39 is 17.7 Å². The second-order valence-electron chi connectivity index (χ2n) is 7.75. The summed E-state index contributed by atoms with van der Waals surface area (Å²) in [5.74, 6) is 0.708. The smallest absolute Gasteiger partial charge is 0.408 e. The van der Waals surface area contributed by atoms with Crippen molar-refractivity contribution in [3.8, 4) is 6.07 Å². The highest BCUT2D eigenvalue weighted by atomic mass is 16.6. The number of oxazole rings is 1. The van der Waals surface area contributed by atoms with Crippen LogP contribution in [0.2, 0.25) is 0 Å². The Kier molecular flexibility index (Phi) is 5.14. The summed E-state index contributed by atoms with van der Waals surface area (Å²) in [6, 6.07) is 9.48. The third kappa shape index (κ3) is 4.17. The highest BCUT2D eigenvalue weighted by Gasteiger charge is 2.26. The molecule has 28 heavy (non-hydrogen) atoms. The fourth-order valence-corrected chi connectivity index (χ4v) is 3.13. The van der Waals surface area contributed by atoms with Crippen molar-refractivity contribution in [1.82, 2.24) is 14.9 Å². The van der Waals surface area contributed by atoms with E-state index in [0.29, 0.717) is 12.2 Å². The summed E-state index contributed by atoms with van der Waals surface area (Å²) in [7, 11) is 1.98. The van der Waals surface area contributed by atoms with Gasteiger partial charge in [0.25, 0.3) is 0 Å². The lowest BCUT2D eigenvalue weighted by atomic mass is 10.0. The fourth-order valence-electron chi connectivity index (χ4n) is 3.13. The predicted molar refractivity (Wildman–Crippen MR) is 105 cm³/mol. The number of ether oxygens (including phenoxy) is 1. The zero-order valence-electron chi connectivity index (χ0n) is 16.7. The second kappa shape index (κ2) is 7.39. The number of aromatic nitrogens is 2. The van der Waals surface area contributed by atoms with Crippen molar-refractivity contribution in [3.05, 3.63) is 53.4 Å². The summed E-state index contributed by atoms with van der Waals surface area (Å²) < 4.78 is 13.1. The van der Waals surface area contributed by atoms with E-state index in [-0.39, 0.29) is 11.6 Å². The first-order chi connectivity index (χ1) is 13.2. The minimum Gasteiger partial charge on any atom is -0.444 e. The Morgan fingerprint density at radius 2 is 2.11 bits per heavy atom. The number of nitrogens with zero attached hydrogens (tertiary/aromatic N) is 3. The van der Waals surface area contributed by atoms with Crippen LogP contribution in [0.5, 0.6) is 0 Å². The summed E-state index contributed by atoms with van der Waals surface area (Å²) in [6.07, 6.45) is 1.91. The van der Waals surface area contributed by atoms with Crippen LogP contribution in [0.1, 0.15) is 49.7 Å². The number of hydrogen-bond donors (Lipinski definition) is 1. The molecule has 0 saturated carbocycles. The van der Waals surface area contributed by atoms with Gasteiger partial charge < -0.3 is 19.0 Å². The first-order valence-electron chi connectivity index (χ1n) is 9.08. The predicted octanol–water partition coefficient (Wildman–Crippen LogP) is 4.15. The molecule has 0 saturated heterocycles. The number of carbonyl (C=O) groups excluding carboxylic acids is 1. The molecule has 0 bridgehead atoms. The van der Waals surface area contributed by atoms with Gasteiger partial charge in [-0.15, -0.1) is 0 Å². The van der Waals surface area contributed by atoms with E-state index in [1.54, 1.807) is 27.7 Å². The van der Waals surface area contributed by atoms with Gasteiger partial charge in [0.05, 0.1) is 0 Å². The van der Waals surface area contributed by atoms with Crippen LogP contribution >= 0.6 is 0 Å². The number of nitriles is 1. The minimum absolute atomic E-state index is 0.212. The van der Waals surface area contributed by atoms with Gasteiger partial charge in [0.1, 0.15) is 23.5 Å². The molecule has 1 N–H and O–H groups in total. The summed E-state index contributed by atoms with van der Waals surface area (Å²) in [6.45, 7) is 7.08. The average molecular weight is 380 g/mol. The maximum absolute atomic E-state index is 12.4. The van der Waals surface area contributed by atoms with Crippen LogP contribution in [0, 0.1) is 18.3 Å². The van der Waals surface area contributed by atoms with Gasteiger partial charge >= 0.3 is 6.09 Å². The summed E-state index contributed by atoms with van der Waals surface area (Å²) in [5, 5.41) is 13.1. The Morgan fingerprint density at radius 1 is 1.39 bits per heavy atom. The van der Waals surface area contributed by atoms with Crippen LogP contribution in [0.4, 0.5) is 4.79 Å². The maximum Gasteiger partial charge on any atom is 0.408 e. The van der Waals surface area contributed by atoms with E-state index >= 15 is 0 Å². The summed E-state index contributed by atoms with van der Waals surface area (Å²) in [4.78, 5) is 16.6. The lowest BCUT2D eigenvalue weighted by Gasteiger charge is -2.22. The molecular weight excluding hydrogens is 356 g/mol. The Morgan fingerprint density at radius 3 is 2.75 bits per heavy atom. The van der Waals surface area contributed by atoms with Crippen molar-refractivity contribution in [1.29, 1.82) is 5.26 Å². The molecule has 3 aromatic rings. The number of carbonyl (C=O) groups is 1. The van der Waals surface area contributed by atoms with E-state index in [9.17, 15) is 10.1 Å². The van der Waals surface area contributed by atoms with E-state index in [1.165, 1.54) is 0 Å². The molecular formula is C21H24N4O3. The molecule has 2 aromatic heterocycles. The number of hydrogen-bond acceptors (Lipinski definition) is 5. The number of amides is 1. The van der Waals surface area contributed by atoms with Gasteiger partial charge in [-0.25, -0.2) is 9.78 Å². The van der Waals surface area contributed by atoms with Crippen molar-refractivity contribution in [2.75, 3.05) is 0 Å². The largest absolute Gasteiger partial charge is 0.444 e. The monoisotopic (exact) mass is 380 g/mol. The number of nitrogens with one attached hydrogen (secondary N) is 1. The van der Waals surface area contributed by atoms with E-state index in [0.717, 1.165) is 16.5 Å². The van der Waals surface area contributed by atoms with Crippen molar-refractivity contribution in [3.63, 3.8) is 0 Å². The zero-order chi connectivity index (χ0) is 20.5. The van der Waals surface area contributed by atoms with Crippen molar-refractivity contribution in [2.45, 2.75) is 45.8 Å². The van der Waals surface area contributed by atoms with Crippen molar-refractivity contribution in [2.24, 2.45) is 7.05 Å². The van der Waals surface area contributed by atoms with Gasteiger partial charge in [0, 0.05) is 30.6 Å². The molecule has 1 aromatic carbocycles. The number of benzene rings is 1. The van der Waals surface area contributed by atoms with Gasteiger partial charge in [0.15, 0.2) is 5.69 Å². The quantitative estimate of drug-likeness (QED) is 0.734. The molecule has 3 rings (SSSR count). The number of para-hydroxylation sites is 1. The first kappa shape index (κ1) is 19.5. The molecule has 0 spiro atoms. The Hall–Kier alpha value is -3.27. The normalized spacial score (nSPS) is 12.6. The minimum atomic E-state index is -0.627. The third-order valence-corrected chi connectivity index (χ3v) is 4.31. The highest BCUT2D eigenvalue weighted by Crippen LogP contribution is 2.27. The van der Waals surface area contributed by atoms with E-state index in [1.807, 2.05) is 48.1 Å². The number of alkyl carbamates (subject to hydrolysis) is 1. The molecule has 7 heteroatoms. The first-order valence-corrected chi connectivity index (χ1v) is 9.08. The molecule has 0 unspecified atom stereocenters. The summed E-state index contributed by atoms with van der Waals surface area (Å²) in [5.41, 5.74) is 1.71. The lowest BCUT2D eigenvalue weighted by molar-refractivity contribution is 0.0495. The Balaban J connectivity index is 1.95. The molecule has 7 nitrogen and oxygen atoms in total. The molecule has 1 atom stereocenters. The standard InChI is InChI=1S/C21H24N4O3/c1-13-17(11-22)23-19(27-13)16(24-20(26)28-21(2,3)4)10-14-12-25(5)18-9-7-6-8-15(14)18/h6-9,12,16H,10H2,1-5H3,(H,24,26)/t16-/m1/s1. The molecule has 1 amide bonds. The van der Waals surface area contributed by atoms with E-state index in [2.05, 4.69) is 10.3 Å². The molecule has 0 aliphatic heterocycles. The molecule has 146 valence electrons. The molecule has 0 fully saturated rings. The third-order valence-electron chi connectivity index (χ3n) is 4.31. The van der Waals surface area contributed by atoms with Crippen LogP contribution < -0.4 is 5.32 Å². The molecule has 0 aliphatic rings. The second-order valence-corrected chi connectivity index (χ2v) is 7.75. The maximum atomic E-state index is 12.4. The highest BCUT2D eigenvalue weighted by molar-refractivity contribution is 5.84. The lowest BCUT2D eigenvalue weighted by Crippen LogP contribution is -2.36. The van der Waals surface area contributed by atoms with Gasteiger partial charge in [-0.2, -0.15) is 5.26 Å². The number of aryl methyl sites for hydroxylation is 2. The Labute approximate surface area is 163 Å². The molecule has 2 heterocycles. The van der Waals surface area contributed by atoms with Crippen LogP contribution in [0.15, 0.2) is 34.9 Å². The van der Waals surface area contributed by atoms with Gasteiger partial charge in [-0.1, -0.05) is 18.2 Å². The van der Waals surface area contributed by atoms with E-state index in [4.69, 9.17) is 9.15 Å². The summed E-state index contributed by atoms with van der Waals surface area (Å²) >= 11 is 0. The SMILES string of the molecule is Cc1oc([C@@H](Cc2cn(C)c3ccccc23)NC(=O)OC(C)(C)C)nc1C#N. The number of rotatable bonds is 4. The van der Waals surface area contributed by atoms with Crippen molar-refractivity contribution >= 4 is 17.0 Å². The van der Waals surface area contributed by atoms with Crippen LogP contribution in [-0.4, -0.2) is 21.2 Å². The van der Waals surface area contributed by atoms with Crippen LogP contribution in [0.3, 0.4) is 0 Å². The van der Waals surface area contributed by atoms with Crippen LogP contribution in [0.25, 0.3) is 10.9 Å². The van der Waals surface area contributed by atoms with Crippen molar-refractivity contribution < 1.29 is 13.9 Å². The van der Waals surface area contributed by atoms with Gasteiger partial charge in [-0.05, 0) is 39.3 Å².